The first-order valence-corrected chi connectivity index (χ1v) is 12.5. The first-order valence-electron chi connectivity index (χ1n) is 9.83. The van der Waals surface area contributed by atoms with Crippen molar-refractivity contribution in [3.63, 3.8) is 0 Å². The van der Waals surface area contributed by atoms with E-state index in [-0.39, 0.29) is 24.4 Å². The van der Waals surface area contributed by atoms with Gasteiger partial charge in [0.05, 0.1) is 22.0 Å². The van der Waals surface area contributed by atoms with Gasteiger partial charge in [-0.05, 0) is 49.8 Å². The summed E-state index contributed by atoms with van der Waals surface area (Å²) in [6.45, 7) is -0.277. The van der Waals surface area contributed by atoms with Crippen LogP contribution in [-0.4, -0.2) is 54.4 Å². The van der Waals surface area contributed by atoms with Gasteiger partial charge in [-0.25, -0.2) is 13.4 Å². The molecule has 11 heteroatoms. The first kappa shape index (κ1) is 21.5. The van der Waals surface area contributed by atoms with Gasteiger partial charge in [0.25, 0.3) is 0 Å². The highest BCUT2D eigenvalue weighted by Gasteiger charge is 2.41. The highest BCUT2D eigenvalue weighted by molar-refractivity contribution is 7.89. The van der Waals surface area contributed by atoms with Crippen LogP contribution in [0.1, 0.15) is 32.1 Å². The van der Waals surface area contributed by atoms with Crippen molar-refractivity contribution < 1.29 is 18.0 Å². The molecule has 1 aromatic carbocycles. The summed E-state index contributed by atoms with van der Waals surface area (Å²) in [7, 11) is -2.19. The number of nitrogens with one attached hydrogen (secondary N) is 2. The topological polar surface area (TPSA) is 108 Å². The summed E-state index contributed by atoms with van der Waals surface area (Å²) >= 11 is 7.26. The molecule has 1 aliphatic carbocycles. The number of carbonyl (C=O) groups is 2. The maximum Gasteiger partial charge on any atom is 0.241 e. The normalized spacial score (nSPS) is 24.5. The van der Waals surface area contributed by atoms with Gasteiger partial charge in [0, 0.05) is 24.5 Å². The fourth-order valence-corrected chi connectivity index (χ4v) is 7.14. The number of fused-ring (bicyclic) bond motifs is 2. The molecule has 1 aliphatic heterocycles. The number of hydrogen-bond donors (Lipinski definition) is 2. The molecule has 3 atom stereocenters. The third kappa shape index (κ3) is 4.46. The molecule has 1 saturated carbocycles. The summed E-state index contributed by atoms with van der Waals surface area (Å²) in [5.41, 5.74) is 0.719. The lowest BCUT2D eigenvalue weighted by Gasteiger charge is -2.40. The number of amides is 2. The Bertz CT molecular complexity index is 1090. The van der Waals surface area contributed by atoms with E-state index in [1.165, 1.54) is 18.4 Å². The number of sulfonamides is 1. The van der Waals surface area contributed by atoms with Crippen molar-refractivity contribution in [1.82, 2.24) is 14.6 Å². The van der Waals surface area contributed by atoms with Crippen molar-refractivity contribution in [2.45, 2.75) is 43.4 Å². The zero-order valence-corrected chi connectivity index (χ0v) is 18.8. The van der Waals surface area contributed by atoms with E-state index in [2.05, 4.69) is 15.6 Å². The van der Waals surface area contributed by atoms with Crippen LogP contribution in [0, 0.1) is 5.92 Å². The molecule has 0 radical (unpaired) electrons. The second kappa shape index (κ2) is 8.41. The lowest BCUT2D eigenvalue weighted by Crippen LogP contribution is -2.51. The van der Waals surface area contributed by atoms with Crippen LogP contribution in [0.2, 0.25) is 5.02 Å². The largest absolute Gasteiger partial charge is 0.353 e. The second-order valence-corrected chi connectivity index (χ2v) is 11.7. The van der Waals surface area contributed by atoms with E-state index in [1.807, 2.05) is 0 Å². The van der Waals surface area contributed by atoms with Crippen LogP contribution in [0.15, 0.2) is 18.2 Å². The number of likely N-dealkylation sites (N-methyl/N-ethyl adjacent to an activating group) is 1. The Labute approximate surface area is 184 Å². The van der Waals surface area contributed by atoms with E-state index in [0.717, 1.165) is 14.5 Å². The average Bonchev–Trinajstić information content (AvgIpc) is 3.08. The fourth-order valence-electron chi connectivity index (χ4n) is 4.25. The summed E-state index contributed by atoms with van der Waals surface area (Å²) < 4.78 is 28.0. The SMILES string of the molecule is CN(CC(=O)Nc1nc2ccc(Cl)cc2s1)S(=O)(=O)C1CCC2NC(=O)CCC2C1. The molecule has 0 bridgehead atoms. The summed E-state index contributed by atoms with van der Waals surface area (Å²) in [6, 6.07) is 5.33. The molecule has 1 aromatic heterocycles. The van der Waals surface area contributed by atoms with Gasteiger partial charge in [-0.15, -0.1) is 0 Å². The fraction of sp³-hybridized carbons (Fsp3) is 0.526. The van der Waals surface area contributed by atoms with Crippen LogP contribution in [0.25, 0.3) is 10.2 Å². The Morgan fingerprint density at radius 3 is 2.97 bits per heavy atom. The molecule has 2 aromatic rings. The Morgan fingerprint density at radius 1 is 1.37 bits per heavy atom. The van der Waals surface area contributed by atoms with Gasteiger partial charge in [0.15, 0.2) is 5.13 Å². The van der Waals surface area contributed by atoms with E-state index in [9.17, 15) is 18.0 Å². The first-order chi connectivity index (χ1) is 14.2. The molecule has 162 valence electrons. The molecular weight excluding hydrogens is 448 g/mol. The highest BCUT2D eigenvalue weighted by atomic mass is 35.5. The summed E-state index contributed by atoms with van der Waals surface area (Å²) in [5.74, 6) is -0.221. The molecule has 2 heterocycles. The quantitative estimate of drug-likeness (QED) is 0.698. The number of thiazole rings is 1. The second-order valence-electron chi connectivity index (χ2n) is 7.89. The van der Waals surface area contributed by atoms with Crippen LogP contribution in [0.4, 0.5) is 5.13 Å². The molecule has 4 rings (SSSR count). The van der Waals surface area contributed by atoms with Crippen LogP contribution >= 0.6 is 22.9 Å². The summed E-state index contributed by atoms with van der Waals surface area (Å²) in [5, 5.41) is 6.10. The lowest BCUT2D eigenvalue weighted by molar-refractivity contribution is -0.124. The van der Waals surface area contributed by atoms with Crippen LogP contribution < -0.4 is 10.6 Å². The smallest absolute Gasteiger partial charge is 0.241 e. The van der Waals surface area contributed by atoms with Crippen molar-refractivity contribution in [2.75, 3.05) is 18.9 Å². The minimum atomic E-state index is -3.62. The molecule has 8 nitrogen and oxygen atoms in total. The number of hydrogen-bond acceptors (Lipinski definition) is 6. The highest BCUT2D eigenvalue weighted by Crippen LogP contribution is 2.35. The average molecular weight is 471 g/mol. The van der Waals surface area contributed by atoms with Gasteiger partial charge < -0.3 is 10.6 Å². The van der Waals surface area contributed by atoms with Gasteiger partial charge in [-0.2, -0.15) is 4.31 Å². The Morgan fingerprint density at radius 2 is 2.17 bits per heavy atom. The van der Waals surface area contributed by atoms with E-state index in [4.69, 9.17) is 11.6 Å². The number of carbonyl (C=O) groups excluding carboxylic acids is 2. The van der Waals surface area contributed by atoms with Crippen molar-refractivity contribution in [3.8, 4) is 0 Å². The van der Waals surface area contributed by atoms with Gasteiger partial charge in [-0.3, -0.25) is 9.59 Å². The monoisotopic (exact) mass is 470 g/mol. The number of benzene rings is 1. The minimum Gasteiger partial charge on any atom is -0.353 e. The van der Waals surface area contributed by atoms with Crippen LogP contribution in [0.5, 0.6) is 0 Å². The summed E-state index contributed by atoms with van der Waals surface area (Å²) in [6.07, 6.45) is 2.80. The van der Waals surface area contributed by atoms with Gasteiger partial charge in [-0.1, -0.05) is 22.9 Å². The number of piperidine rings is 1. The molecule has 2 N–H and O–H groups in total. The zero-order chi connectivity index (χ0) is 21.5. The lowest BCUT2D eigenvalue weighted by atomic mass is 9.79. The molecule has 3 unspecified atom stereocenters. The maximum atomic E-state index is 13.0. The molecular formula is C19H23ClN4O4S2. The number of anilines is 1. The molecule has 2 amide bonds. The Kier molecular flexibility index (Phi) is 6.02. The van der Waals surface area contributed by atoms with Gasteiger partial charge in [0.2, 0.25) is 21.8 Å². The van der Waals surface area contributed by atoms with Crippen molar-refractivity contribution in [2.24, 2.45) is 5.92 Å². The van der Waals surface area contributed by atoms with E-state index < -0.39 is 21.2 Å². The molecule has 30 heavy (non-hydrogen) atoms. The van der Waals surface area contributed by atoms with Crippen molar-refractivity contribution >= 4 is 60.1 Å². The summed E-state index contributed by atoms with van der Waals surface area (Å²) in [4.78, 5) is 28.3. The van der Waals surface area contributed by atoms with Crippen LogP contribution in [0.3, 0.4) is 0 Å². The number of rotatable bonds is 5. The third-order valence-corrected chi connectivity index (χ3v) is 9.28. The van der Waals surface area contributed by atoms with E-state index in [0.29, 0.717) is 42.3 Å². The van der Waals surface area contributed by atoms with Crippen LogP contribution in [-0.2, 0) is 19.6 Å². The number of aromatic nitrogens is 1. The van der Waals surface area contributed by atoms with Crippen molar-refractivity contribution in [1.29, 1.82) is 0 Å². The predicted octanol–water partition coefficient (Wildman–Crippen LogP) is 2.60. The number of nitrogens with zero attached hydrogens (tertiary/aromatic N) is 2. The Hall–Kier alpha value is -1.75. The van der Waals surface area contributed by atoms with Gasteiger partial charge >= 0.3 is 0 Å². The minimum absolute atomic E-state index is 0.0449. The maximum absolute atomic E-state index is 13.0. The predicted molar refractivity (Wildman–Crippen MR) is 117 cm³/mol. The van der Waals surface area contributed by atoms with E-state index in [1.54, 1.807) is 18.2 Å². The standard InChI is InChI=1S/C19H23ClN4O4S2/c1-24(10-18(26)23-19-22-15-5-3-12(20)9-16(15)29-19)30(27,28)13-4-6-14-11(8-13)2-7-17(25)21-14/h3,5,9,11,13-14H,2,4,6-8,10H2,1H3,(H,21,25)(H,22,23,26). The Balaban J connectivity index is 1.37. The van der Waals surface area contributed by atoms with Crippen molar-refractivity contribution in [3.05, 3.63) is 23.2 Å². The third-order valence-electron chi connectivity index (χ3n) is 5.84. The molecule has 1 saturated heterocycles. The molecule has 2 fully saturated rings. The number of halogens is 1. The van der Waals surface area contributed by atoms with Gasteiger partial charge in [0.1, 0.15) is 0 Å². The van der Waals surface area contributed by atoms with E-state index >= 15 is 0 Å². The molecule has 2 aliphatic rings. The zero-order valence-electron chi connectivity index (χ0n) is 16.4. The molecule has 0 spiro atoms.